The molecule has 0 aliphatic carbocycles. The van der Waals surface area contributed by atoms with Crippen molar-refractivity contribution in [3.8, 4) is 0 Å². The van der Waals surface area contributed by atoms with E-state index in [1.165, 1.54) is 4.90 Å². The number of urea groups is 2. The first-order valence-corrected chi connectivity index (χ1v) is 11.1. The van der Waals surface area contributed by atoms with Gasteiger partial charge in [-0.05, 0) is 36.8 Å². The van der Waals surface area contributed by atoms with Gasteiger partial charge in [0.2, 0.25) is 0 Å². The molecular formula is C27H28N4O4. The van der Waals surface area contributed by atoms with E-state index in [1.54, 1.807) is 43.3 Å². The molecule has 180 valence electrons. The summed E-state index contributed by atoms with van der Waals surface area (Å²) in [5, 5.41) is 8.45. The topological polar surface area (TPSA) is 99.8 Å². The van der Waals surface area contributed by atoms with E-state index in [4.69, 9.17) is 4.74 Å². The fourth-order valence-corrected chi connectivity index (χ4v) is 3.23. The van der Waals surface area contributed by atoms with Crippen molar-refractivity contribution >= 4 is 29.4 Å². The van der Waals surface area contributed by atoms with Gasteiger partial charge >= 0.3 is 18.0 Å². The minimum absolute atomic E-state index is 0.0159. The van der Waals surface area contributed by atoms with Gasteiger partial charge in [0.25, 0.3) is 0 Å². The summed E-state index contributed by atoms with van der Waals surface area (Å²) in [6.45, 7) is 5.15. The highest BCUT2D eigenvalue weighted by atomic mass is 16.5. The van der Waals surface area contributed by atoms with Crippen LogP contribution in [0.5, 0.6) is 0 Å². The average Bonchev–Trinajstić information content (AvgIpc) is 2.87. The maximum Gasteiger partial charge on any atom is 0.333 e. The van der Waals surface area contributed by atoms with E-state index in [0.29, 0.717) is 16.9 Å². The number of hydrogen-bond acceptors (Lipinski definition) is 4. The molecule has 0 saturated heterocycles. The molecule has 1 unspecified atom stereocenters. The van der Waals surface area contributed by atoms with Crippen molar-refractivity contribution in [1.82, 2.24) is 10.6 Å². The molecule has 8 nitrogen and oxygen atoms in total. The maximum atomic E-state index is 13.4. The first-order valence-electron chi connectivity index (χ1n) is 11.1. The number of amides is 4. The third-order valence-electron chi connectivity index (χ3n) is 4.89. The SMILES string of the molecule is C=C(C)C(=O)OCCNC(=O)N(c1ccccc1)C(NC(=O)Nc1ccccc1)c1ccccc1. The van der Waals surface area contributed by atoms with E-state index in [0.717, 1.165) is 0 Å². The zero-order valence-electron chi connectivity index (χ0n) is 19.4. The zero-order valence-corrected chi connectivity index (χ0v) is 19.4. The highest BCUT2D eigenvalue weighted by Gasteiger charge is 2.28. The van der Waals surface area contributed by atoms with Gasteiger partial charge in [0, 0.05) is 16.9 Å². The first kappa shape index (κ1) is 25.0. The maximum absolute atomic E-state index is 13.4. The number of rotatable bonds is 9. The quantitative estimate of drug-likeness (QED) is 0.180. The molecule has 0 saturated carbocycles. The van der Waals surface area contributed by atoms with Crippen molar-refractivity contribution in [3.63, 3.8) is 0 Å². The highest BCUT2D eigenvalue weighted by molar-refractivity contribution is 5.95. The van der Waals surface area contributed by atoms with E-state index in [1.807, 2.05) is 54.6 Å². The molecule has 0 aliphatic heterocycles. The van der Waals surface area contributed by atoms with Crippen molar-refractivity contribution in [3.05, 3.63) is 109 Å². The van der Waals surface area contributed by atoms with Gasteiger partial charge in [-0.25, -0.2) is 14.4 Å². The number of benzene rings is 3. The Hall–Kier alpha value is -4.59. The van der Waals surface area contributed by atoms with Crippen LogP contribution < -0.4 is 20.9 Å². The van der Waals surface area contributed by atoms with Crippen LogP contribution in [-0.2, 0) is 9.53 Å². The molecule has 35 heavy (non-hydrogen) atoms. The van der Waals surface area contributed by atoms with Gasteiger partial charge in [0.1, 0.15) is 12.8 Å². The third-order valence-corrected chi connectivity index (χ3v) is 4.89. The van der Waals surface area contributed by atoms with E-state index in [9.17, 15) is 14.4 Å². The Morgan fingerprint density at radius 2 is 1.46 bits per heavy atom. The average molecular weight is 473 g/mol. The Bertz CT molecular complexity index is 1140. The van der Waals surface area contributed by atoms with Gasteiger partial charge < -0.3 is 20.7 Å². The van der Waals surface area contributed by atoms with E-state index in [-0.39, 0.29) is 18.7 Å². The number of carbonyl (C=O) groups excluding carboxylic acids is 3. The van der Waals surface area contributed by atoms with Gasteiger partial charge in [0.05, 0.1) is 6.54 Å². The summed E-state index contributed by atoms with van der Waals surface area (Å²) in [6, 6.07) is 26.2. The molecule has 1 atom stereocenters. The molecule has 3 N–H and O–H groups in total. The van der Waals surface area contributed by atoms with E-state index >= 15 is 0 Å². The fourth-order valence-electron chi connectivity index (χ4n) is 3.23. The van der Waals surface area contributed by atoms with Gasteiger partial charge in [-0.3, -0.25) is 4.90 Å². The Morgan fingerprint density at radius 1 is 0.886 bits per heavy atom. The number of para-hydroxylation sites is 2. The lowest BCUT2D eigenvalue weighted by atomic mass is 10.1. The standard InChI is InChI=1S/C27H28N4O4/c1-20(2)25(32)35-19-18-28-27(34)31(23-16-10-5-11-17-23)24(21-12-6-3-7-13-21)30-26(33)29-22-14-8-4-9-15-22/h3-17,24H,1,18-19H2,2H3,(H,28,34)(H2,29,30,33). The summed E-state index contributed by atoms with van der Waals surface area (Å²) in [7, 11) is 0. The molecule has 3 aromatic rings. The smallest absolute Gasteiger partial charge is 0.333 e. The molecule has 0 radical (unpaired) electrons. The zero-order chi connectivity index (χ0) is 25.0. The van der Waals surface area contributed by atoms with Crippen LogP contribution in [0.25, 0.3) is 0 Å². The summed E-state index contributed by atoms with van der Waals surface area (Å²) in [5.41, 5.74) is 2.16. The van der Waals surface area contributed by atoms with Crippen LogP contribution in [0.2, 0.25) is 0 Å². The second-order valence-electron chi connectivity index (χ2n) is 7.63. The molecule has 3 rings (SSSR count). The number of esters is 1. The van der Waals surface area contributed by atoms with Crippen molar-refractivity contribution in [1.29, 1.82) is 0 Å². The molecule has 0 fully saturated rings. The fraction of sp³-hybridized carbons (Fsp3) is 0.148. The Labute approximate surface area is 204 Å². The lowest BCUT2D eigenvalue weighted by Crippen LogP contribution is -2.50. The largest absolute Gasteiger partial charge is 0.460 e. The van der Waals surface area contributed by atoms with Crippen molar-refractivity contribution in [2.75, 3.05) is 23.4 Å². The number of nitrogens with one attached hydrogen (secondary N) is 3. The van der Waals surface area contributed by atoms with Crippen LogP contribution in [0.1, 0.15) is 18.7 Å². The normalized spacial score (nSPS) is 11.0. The van der Waals surface area contributed by atoms with Crippen molar-refractivity contribution in [2.45, 2.75) is 13.1 Å². The van der Waals surface area contributed by atoms with Crippen molar-refractivity contribution < 1.29 is 19.1 Å². The summed E-state index contributed by atoms with van der Waals surface area (Å²) in [4.78, 5) is 39.3. The monoisotopic (exact) mass is 472 g/mol. The molecular weight excluding hydrogens is 444 g/mol. The Balaban J connectivity index is 1.84. The van der Waals surface area contributed by atoms with Crippen LogP contribution in [0, 0.1) is 0 Å². The molecule has 0 bridgehead atoms. The van der Waals surface area contributed by atoms with Gasteiger partial charge in [-0.1, -0.05) is 73.3 Å². The number of anilines is 2. The third kappa shape index (κ3) is 7.46. The second kappa shape index (κ2) is 12.6. The second-order valence-corrected chi connectivity index (χ2v) is 7.63. The van der Waals surface area contributed by atoms with Crippen LogP contribution >= 0.6 is 0 Å². The lowest BCUT2D eigenvalue weighted by molar-refractivity contribution is -0.138. The number of ether oxygens (including phenoxy) is 1. The van der Waals surface area contributed by atoms with Crippen LogP contribution in [0.15, 0.2) is 103 Å². The number of hydrogen-bond donors (Lipinski definition) is 3. The minimum Gasteiger partial charge on any atom is -0.460 e. The van der Waals surface area contributed by atoms with Crippen LogP contribution in [-0.4, -0.2) is 31.2 Å². The van der Waals surface area contributed by atoms with Crippen LogP contribution in [0.4, 0.5) is 21.0 Å². The first-order chi connectivity index (χ1) is 17.0. The van der Waals surface area contributed by atoms with E-state index in [2.05, 4.69) is 22.5 Å². The van der Waals surface area contributed by atoms with Gasteiger partial charge in [-0.15, -0.1) is 0 Å². The lowest BCUT2D eigenvalue weighted by Gasteiger charge is -2.33. The summed E-state index contributed by atoms with van der Waals surface area (Å²) in [5.74, 6) is -0.527. The molecule has 0 aliphatic rings. The summed E-state index contributed by atoms with van der Waals surface area (Å²) < 4.78 is 5.06. The Kier molecular flexibility index (Phi) is 9.01. The molecule has 0 aromatic heterocycles. The molecule has 4 amide bonds. The minimum atomic E-state index is -0.833. The number of nitrogens with zero attached hydrogens (tertiary/aromatic N) is 1. The summed E-state index contributed by atoms with van der Waals surface area (Å²) >= 11 is 0. The molecule has 3 aromatic carbocycles. The Morgan fingerprint density at radius 3 is 2.06 bits per heavy atom. The van der Waals surface area contributed by atoms with E-state index < -0.39 is 24.2 Å². The van der Waals surface area contributed by atoms with Crippen molar-refractivity contribution in [2.24, 2.45) is 0 Å². The number of carbonyl (C=O) groups is 3. The highest BCUT2D eigenvalue weighted by Crippen LogP contribution is 2.26. The molecule has 0 spiro atoms. The predicted octanol–water partition coefficient (Wildman–Crippen LogP) is 4.84. The molecule has 8 heteroatoms. The summed E-state index contributed by atoms with van der Waals surface area (Å²) in [6.07, 6.45) is -0.833. The predicted molar refractivity (Wildman–Crippen MR) is 136 cm³/mol. The van der Waals surface area contributed by atoms with Gasteiger partial charge in [-0.2, -0.15) is 0 Å². The van der Waals surface area contributed by atoms with Gasteiger partial charge in [0.15, 0.2) is 0 Å². The van der Waals surface area contributed by atoms with Crippen LogP contribution in [0.3, 0.4) is 0 Å². The molecule has 0 heterocycles.